The highest BCUT2D eigenvalue weighted by molar-refractivity contribution is 6.31. The van der Waals surface area contributed by atoms with Crippen molar-refractivity contribution in [3.8, 4) is 0 Å². The summed E-state index contributed by atoms with van der Waals surface area (Å²) in [5.74, 6) is 0. The summed E-state index contributed by atoms with van der Waals surface area (Å²) in [5, 5.41) is 4.35. The molecule has 2 rings (SSSR count). The Morgan fingerprint density at radius 3 is 2.73 bits per heavy atom. The molecule has 1 aromatic rings. The predicted octanol–water partition coefficient (Wildman–Crippen LogP) is 2.66. The van der Waals surface area contributed by atoms with Gasteiger partial charge >= 0.3 is 0 Å². The molecule has 15 heavy (non-hydrogen) atoms. The van der Waals surface area contributed by atoms with Crippen LogP contribution >= 0.6 is 11.6 Å². The van der Waals surface area contributed by atoms with Gasteiger partial charge in [-0.15, -0.1) is 0 Å². The lowest BCUT2D eigenvalue weighted by atomic mass is 10.1. The van der Waals surface area contributed by atoms with Crippen molar-refractivity contribution in [2.24, 2.45) is 0 Å². The molecule has 0 saturated heterocycles. The summed E-state index contributed by atoms with van der Waals surface area (Å²) >= 11 is 6.21. The first-order chi connectivity index (χ1) is 7.18. The van der Waals surface area contributed by atoms with E-state index in [-0.39, 0.29) is 0 Å². The zero-order valence-electron chi connectivity index (χ0n) is 9.26. The quantitative estimate of drug-likeness (QED) is 0.846. The fourth-order valence-corrected chi connectivity index (χ4v) is 1.91. The molecule has 0 aliphatic heterocycles. The summed E-state index contributed by atoms with van der Waals surface area (Å²) in [7, 11) is 4.10. The summed E-state index contributed by atoms with van der Waals surface area (Å²) in [4.78, 5) is 2.11. The maximum Gasteiger partial charge on any atom is 0.0471 e. The third-order valence-corrected chi connectivity index (χ3v) is 3.07. The number of anilines is 1. The highest BCUT2D eigenvalue weighted by atomic mass is 35.5. The van der Waals surface area contributed by atoms with E-state index in [1.54, 1.807) is 0 Å². The van der Waals surface area contributed by atoms with E-state index in [0.29, 0.717) is 0 Å². The van der Waals surface area contributed by atoms with Gasteiger partial charge in [0.2, 0.25) is 0 Å². The van der Waals surface area contributed by atoms with Gasteiger partial charge in [-0.25, -0.2) is 0 Å². The SMILES string of the molecule is CN(C)c1cccc(Cl)c1CNC1CC1. The van der Waals surface area contributed by atoms with Crippen molar-refractivity contribution in [2.45, 2.75) is 25.4 Å². The average Bonchev–Trinajstić information content (AvgIpc) is 2.99. The first-order valence-electron chi connectivity index (χ1n) is 5.36. The van der Waals surface area contributed by atoms with Crippen molar-refractivity contribution >= 4 is 17.3 Å². The van der Waals surface area contributed by atoms with Crippen LogP contribution in [0.15, 0.2) is 18.2 Å². The predicted molar refractivity (Wildman–Crippen MR) is 65.6 cm³/mol. The number of hydrogen-bond acceptors (Lipinski definition) is 2. The first-order valence-corrected chi connectivity index (χ1v) is 5.74. The van der Waals surface area contributed by atoms with Gasteiger partial charge in [0.1, 0.15) is 0 Å². The van der Waals surface area contributed by atoms with E-state index in [4.69, 9.17) is 11.6 Å². The van der Waals surface area contributed by atoms with Crippen LogP contribution in [-0.4, -0.2) is 20.1 Å². The minimum atomic E-state index is 0.719. The second-order valence-electron chi connectivity index (χ2n) is 4.29. The van der Waals surface area contributed by atoms with Crippen LogP contribution in [0.25, 0.3) is 0 Å². The lowest BCUT2D eigenvalue weighted by molar-refractivity contribution is 0.687. The molecule has 0 amide bonds. The van der Waals surface area contributed by atoms with E-state index in [2.05, 4.69) is 16.3 Å². The summed E-state index contributed by atoms with van der Waals surface area (Å²) < 4.78 is 0. The van der Waals surface area contributed by atoms with Crippen LogP contribution in [0.1, 0.15) is 18.4 Å². The van der Waals surface area contributed by atoms with Crippen molar-refractivity contribution < 1.29 is 0 Å². The van der Waals surface area contributed by atoms with Crippen LogP contribution in [0.2, 0.25) is 5.02 Å². The zero-order valence-corrected chi connectivity index (χ0v) is 10.0. The second-order valence-corrected chi connectivity index (χ2v) is 4.69. The molecule has 1 N–H and O–H groups in total. The fourth-order valence-electron chi connectivity index (χ4n) is 1.68. The van der Waals surface area contributed by atoms with Crippen molar-refractivity contribution in [3.05, 3.63) is 28.8 Å². The Morgan fingerprint density at radius 1 is 1.40 bits per heavy atom. The molecule has 3 heteroatoms. The Kier molecular flexibility index (Phi) is 3.17. The van der Waals surface area contributed by atoms with Crippen LogP contribution in [0.5, 0.6) is 0 Å². The van der Waals surface area contributed by atoms with Gasteiger partial charge in [0.15, 0.2) is 0 Å². The summed E-state index contributed by atoms with van der Waals surface area (Å²) in [5.41, 5.74) is 2.41. The van der Waals surface area contributed by atoms with E-state index in [1.807, 2.05) is 26.2 Å². The van der Waals surface area contributed by atoms with E-state index in [0.717, 1.165) is 17.6 Å². The minimum absolute atomic E-state index is 0.719. The van der Waals surface area contributed by atoms with Gasteiger partial charge in [-0.2, -0.15) is 0 Å². The number of halogens is 1. The molecule has 0 unspecified atom stereocenters. The Bertz CT molecular complexity index is 345. The molecule has 0 bridgehead atoms. The van der Waals surface area contributed by atoms with Gasteiger partial charge in [0, 0.05) is 43.0 Å². The molecule has 1 fully saturated rings. The van der Waals surface area contributed by atoms with Crippen LogP contribution in [0.3, 0.4) is 0 Å². The summed E-state index contributed by atoms with van der Waals surface area (Å²) in [6, 6.07) is 6.78. The van der Waals surface area contributed by atoms with E-state index >= 15 is 0 Å². The van der Waals surface area contributed by atoms with Crippen LogP contribution in [0, 0.1) is 0 Å². The van der Waals surface area contributed by atoms with Gasteiger partial charge in [-0.05, 0) is 25.0 Å². The lowest BCUT2D eigenvalue weighted by Crippen LogP contribution is -2.19. The molecule has 1 aliphatic carbocycles. The number of nitrogens with zero attached hydrogens (tertiary/aromatic N) is 1. The minimum Gasteiger partial charge on any atom is -0.377 e. The molecule has 82 valence electrons. The maximum atomic E-state index is 6.21. The highest BCUT2D eigenvalue weighted by Gasteiger charge is 2.21. The smallest absolute Gasteiger partial charge is 0.0471 e. The standard InChI is InChI=1S/C12H17ClN2/c1-15(2)12-5-3-4-11(13)10(12)8-14-9-6-7-9/h3-5,9,14H,6-8H2,1-2H3. The van der Waals surface area contributed by atoms with Crippen molar-refractivity contribution in [1.29, 1.82) is 0 Å². The van der Waals surface area contributed by atoms with Crippen LogP contribution < -0.4 is 10.2 Å². The van der Waals surface area contributed by atoms with Gasteiger partial charge in [0.05, 0.1) is 0 Å². The lowest BCUT2D eigenvalue weighted by Gasteiger charge is -2.18. The first kappa shape index (κ1) is 10.8. The molecule has 0 aromatic heterocycles. The van der Waals surface area contributed by atoms with E-state index < -0.39 is 0 Å². The van der Waals surface area contributed by atoms with Crippen molar-refractivity contribution in [2.75, 3.05) is 19.0 Å². The fraction of sp³-hybridized carbons (Fsp3) is 0.500. The molecular weight excluding hydrogens is 208 g/mol. The van der Waals surface area contributed by atoms with Crippen LogP contribution in [-0.2, 0) is 6.54 Å². The molecule has 0 atom stereocenters. The van der Waals surface area contributed by atoms with Crippen LogP contribution in [0.4, 0.5) is 5.69 Å². The van der Waals surface area contributed by atoms with E-state index in [9.17, 15) is 0 Å². The summed E-state index contributed by atoms with van der Waals surface area (Å²) in [6.45, 7) is 0.873. The molecular formula is C12H17ClN2. The third kappa shape index (κ3) is 2.64. The number of nitrogens with one attached hydrogen (secondary N) is 1. The maximum absolute atomic E-state index is 6.21. The van der Waals surface area contributed by atoms with Gasteiger partial charge in [-0.1, -0.05) is 17.7 Å². The monoisotopic (exact) mass is 224 g/mol. The molecule has 2 nitrogen and oxygen atoms in total. The highest BCUT2D eigenvalue weighted by Crippen LogP contribution is 2.27. The van der Waals surface area contributed by atoms with Crippen molar-refractivity contribution in [1.82, 2.24) is 5.32 Å². The largest absolute Gasteiger partial charge is 0.377 e. The third-order valence-electron chi connectivity index (χ3n) is 2.72. The molecule has 1 aromatic carbocycles. The number of rotatable bonds is 4. The summed E-state index contributed by atoms with van der Waals surface area (Å²) in [6.07, 6.45) is 2.61. The second kappa shape index (κ2) is 4.42. The topological polar surface area (TPSA) is 15.3 Å². The number of benzene rings is 1. The Balaban J connectivity index is 2.16. The van der Waals surface area contributed by atoms with Gasteiger partial charge in [0.25, 0.3) is 0 Å². The number of hydrogen-bond donors (Lipinski definition) is 1. The Morgan fingerprint density at radius 2 is 2.13 bits per heavy atom. The molecule has 1 saturated carbocycles. The molecule has 0 radical (unpaired) electrons. The zero-order chi connectivity index (χ0) is 10.8. The van der Waals surface area contributed by atoms with Gasteiger partial charge < -0.3 is 10.2 Å². The Hall–Kier alpha value is -0.730. The molecule has 1 aliphatic rings. The van der Waals surface area contributed by atoms with Gasteiger partial charge in [-0.3, -0.25) is 0 Å². The normalized spacial score (nSPS) is 15.4. The molecule has 0 heterocycles. The molecule has 0 spiro atoms. The average molecular weight is 225 g/mol. The van der Waals surface area contributed by atoms with Crippen molar-refractivity contribution in [3.63, 3.8) is 0 Å². The van der Waals surface area contributed by atoms with E-state index in [1.165, 1.54) is 24.1 Å². The Labute approximate surface area is 96.2 Å².